The highest BCUT2D eigenvalue weighted by atomic mass is 16.5. The Balaban J connectivity index is 2.03. The zero-order valence-electron chi connectivity index (χ0n) is 10.8. The Bertz CT molecular complexity index is 593. The summed E-state index contributed by atoms with van der Waals surface area (Å²) in [5.74, 6) is 0.0494. The number of carbonyl (C=O) groups is 1. The van der Waals surface area contributed by atoms with Crippen LogP contribution in [0.1, 0.15) is 15.9 Å². The number of carbonyl (C=O) groups excluding carboxylic acids is 1. The number of hydrogen-bond donors (Lipinski definition) is 2. The van der Waals surface area contributed by atoms with Gasteiger partial charge in [-0.25, -0.2) is 0 Å². The maximum Gasteiger partial charge on any atom is 0.255 e. The van der Waals surface area contributed by atoms with Crippen molar-refractivity contribution in [3.63, 3.8) is 0 Å². The lowest BCUT2D eigenvalue weighted by Gasteiger charge is -2.07. The number of rotatable bonds is 4. The van der Waals surface area contributed by atoms with Crippen LogP contribution in [0.5, 0.6) is 11.5 Å². The summed E-state index contributed by atoms with van der Waals surface area (Å²) in [6.07, 6.45) is 3.49. The molecular weight excluding hydrogens is 246 g/mol. The second kappa shape index (κ2) is 5.43. The van der Waals surface area contributed by atoms with Gasteiger partial charge in [0.2, 0.25) is 0 Å². The van der Waals surface area contributed by atoms with Gasteiger partial charge in [-0.3, -0.25) is 9.48 Å². The van der Waals surface area contributed by atoms with Crippen molar-refractivity contribution in [3.8, 4) is 11.5 Å². The Hall–Kier alpha value is -2.50. The van der Waals surface area contributed by atoms with E-state index in [-0.39, 0.29) is 17.2 Å². The number of hydrogen-bond acceptors (Lipinski definition) is 4. The SMILES string of the molecule is COc1ccc(C(=O)NCc2cnn(C)c2)c(O)c1. The van der Waals surface area contributed by atoms with E-state index in [4.69, 9.17) is 4.74 Å². The number of amides is 1. The number of nitrogens with zero attached hydrogens (tertiary/aromatic N) is 2. The molecule has 100 valence electrons. The van der Waals surface area contributed by atoms with E-state index in [0.717, 1.165) is 5.56 Å². The van der Waals surface area contributed by atoms with E-state index in [2.05, 4.69) is 10.4 Å². The molecule has 0 fully saturated rings. The molecule has 6 nitrogen and oxygen atoms in total. The highest BCUT2D eigenvalue weighted by molar-refractivity contribution is 5.96. The van der Waals surface area contributed by atoms with Gasteiger partial charge in [-0.1, -0.05) is 0 Å². The quantitative estimate of drug-likeness (QED) is 0.863. The maximum absolute atomic E-state index is 11.9. The Kier molecular flexibility index (Phi) is 3.70. The van der Waals surface area contributed by atoms with E-state index in [0.29, 0.717) is 12.3 Å². The molecule has 1 aromatic heterocycles. The van der Waals surface area contributed by atoms with Gasteiger partial charge in [0.1, 0.15) is 11.5 Å². The van der Waals surface area contributed by atoms with Crippen molar-refractivity contribution < 1.29 is 14.6 Å². The van der Waals surface area contributed by atoms with Crippen LogP contribution in [0, 0.1) is 0 Å². The summed E-state index contributed by atoms with van der Waals surface area (Å²) in [6.45, 7) is 0.359. The first-order valence-corrected chi connectivity index (χ1v) is 5.73. The smallest absolute Gasteiger partial charge is 0.255 e. The molecule has 0 spiro atoms. The lowest BCUT2D eigenvalue weighted by Crippen LogP contribution is -2.22. The first kappa shape index (κ1) is 12.9. The van der Waals surface area contributed by atoms with Crippen LogP contribution in [0.15, 0.2) is 30.6 Å². The van der Waals surface area contributed by atoms with Crippen LogP contribution in [0.2, 0.25) is 0 Å². The van der Waals surface area contributed by atoms with Crippen molar-refractivity contribution in [3.05, 3.63) is 41.7 Å². The minimum Gasteiger partial charge on any atom is -0.507 e. The molecule has 0 saturated carbocycles. The molecule has 0 bridgehead atoms. The first-order valence-electron chi connectivity index (χ1n) is 5.73. The molecular formula is C13H15N3O3. The molecule has 0 saturated heterocycles. The molecule has 0 radical (unpaired) electrons. The Morgan fingerprint density at radius 1 is 1.53 bits per heavy atom. The Labute approximate surface area is 110 Å². The fourth-order valence-electron chi connectivity index (χ4n) is 1.67. The van der Waals surface area contributed by atoms with Gasteiger partial charge in [0.25, 0.3) is 5.91 Å². The van der Waals surface area contributed by atoms with Crippen LogP contribution in [0.3, 0.4) is 0 Å². The second-order valence-corrected chi connectivity index (χ2v) is 4.09. The standard InChI is InChI=1S/C13H15N3O3/c1-16-8-9(7-15-16)6-14-13(18)11-4-3-10(19-2)5-12(11)17/h3-5,7-8,17H,6H2,1-2H3,(H,14,18). The molecule has 2 N–H and O–H groups in total. The number of nitrogens with one attached hydrogen (secondary N) is 1. The first-order chi connectivity index (χ1) is 9.10. The van der Waals surface area contributed by atoms with Crippen LogP contribution < -0.4 is 10.1 Å². The fraction of sp³-hybridized carbons (Fsp3) is 0.231. The Morgan fingerprint density at radius 3 is 2.89 bits per heavy atom. The molecule has 0 aliphatic rings. The van der Waals surface area contributed by atoms with Crippen molar-refractivity contribution in [2.24, 2.45) is 7.05 Å². The monoisotopic (exact) mass is 261 g/mol. The number of ether oxygens (including phenoxy) is 1. The van der Waals surface area contributed by atoms with Gasteiger partial charge >= 0.3 is 0 Å². The number of phenolic OH excluding ortho intramolecular Hbond substituents is 1. The summed E-state index contributed by atoms with van der Waals surface area (Å²) in [4.78, 5) is 11.9. The minimum absolute atomic E-state index is 0.108. The van der Waals surface area contributed by atoms with Crippen molar-refractivity contribution in [1.82, 2.24) is 15.1 Å². The molecule has 19 heavy (non-hydrogen) atoms. The highest BCUT2D eigenvalue weighted by Crippen LogP contribution is 2.23. The zero-order chi connectivity index (χ0) is 13.8. The van der Waals surface area contributed by atoms with Crippen LogP contribution in [0.4, 0.5) is 0 Å². The van der Waals surface area contributed by atoms with Gasteiger partial charge in [-0.05, 0) is 12.1 Å². The number of aryl methyl sites for hydroxylation is 1. The predicted molar refractivity (Wildman–Crippen MR) is 69.0 cm³/mol. The molecule has 0 unspecified atom stereocenters. The van der Waals surface area contributed by atoms with Crippen LogP contribution in [-0.4, -0.2) is 27.9 Å². The fourth-order valence-corrected chi connectivity index (χ4v) is 1.67. The molecule has 6 heteroatoms. The van der Waals surface area contributed by atoms with Crippen LogP contribution in [-0.2, 0) is 13.6 Å². The third-order valence-electron chi connectivity index (χ3n) is 2.66. The average Bonchev–Trinajstić information content (AvgIpc) is 2.81. The molecule has 0 atom stereocenters. The normalized spacial score (nSPS) is 10.2. The van der Waals surface area contributed by atoms with E-state index < -0.39 is 0 Å². The molecule has 1 aromatic carbocycles. The van der Waals surface area contributed by atoms with Gasteiger partial charge in [-0.2, -0.15) is 5.10 Å². The third-order valence-corrected chi connectivity index (χ3v) is 2.66. The lowest BCUT2D eigenvalue weighted by atomic mass is 10.1. The van der Waals surface area contributed by atoms with Crippen molar-refractivity contribution in [2.45, 2.75) is 6.54 Å². The van der Waals surface area contributed by atoms with Gasteiger partial charge in [0, 0.05) is 31.4 Å². The van der Waals surface area contributed by atoms with E-state index in [9.17, 15) is 9.90 Å². The lowest BCUT2D eigenvalue weighted by molar-refractivity contribution is 0.0948. The Morgan fingerprint density at radius 2 is 2.32 bits per heavy atom. The number of methoxy groups -OCH3 is 1. The summed E-state index contributed by atoms with van der Waals surface area (Å²) >= 11 is 0. The van der Waals surface area contributed by atoms with Gasteiger partial charge in [0.05, 0.1) is 18.9 Å². The van der Waals surface area contributed by atoms with Crippen LogP contribution in [0.25, 0.3) is 0 Å². The number of aromatic nitrogens is 2. The average molecular weight is 261 g/mol. The highest BCUT2D eigenvalue weighted by Gasteiger charge is 2.11. The molecule has 1 amide bonds. The van der Waals surface area contributed by atoms with E-state index in [1.807, 2.05) is 6.20 Å². The topological polar surface area (TPSA) is 76.4 Å². The third kappa shape index (κ3) is 3.04. The molecule has 0 aliphatic heterocycles. The van der Waals surface area contributed by atoms with Crippen molar-refractivity contribution in [2.75, 3.05) is 7.11 Å². The van der Waals surface area contributed by atoms with Gasteiger partial charge < -0.3 is 15.2 Å². The maximum atomic E-state index is 11.9. The molecule has 1 heterocycles. The molecule has 2 rings (SSSR count). The zero-order valence-corrected chi connectivity index (χ0v) is 10.8. The van der Waals surface area contributed by atoms with Crippen molar-refractivity contribution in [1.29, 1.82) is 0 Å². The molecule has 2 aromatic rings. The number of phenols is 1. The minimum atomic E-state index is -0.344. The summed E-state index contributed by atoms with van der Waals surface area (Å²) in [6, 6.07) is 4.55. The summed E-state index contributed by atoms with van der Waals surface area (Å²) in [5, 5.41) is 16.5. The largest absolute Gasteiger partial charge is 0.507 e. The van der Waals surface area contributed by atoms with Gasteiger partial charge in [-0.15, -0.1) is 0 Å². The van der Waals surface area contributed by atoms with Gasteiger partial charge in [0.15, 0.2) is 0 Å². The van der Waals surface area contributed by atoms with E-state index in [1.165, 1.54) is 19.2 Å². The number of benzene rings is 1. The number of aromatic hydroxyl groups is 1. The summed E-state index contributed by atoms with van der Waals surface area (Å²) < 4.78 is 6.62. The summed E-state index contributed by atoms with van der Waals surface area (Å²) in [5.41, 5.74) is 1.11. The molecule has 0 aliphatic carbocycles. The predicted octanol–water partition coefficient (Wildman–Crippen LogP) is 1.06. The van der Waals surface area contributed by atoms with E-state index >= 15 is 0 Å². The van der Waals surface area contributed by atoms with Crippen molar-refractivity contribution >= 4 is 5.91 Å². The van der Waals surface area contributed by atoms with E-state index in [1.54, 1.807) is 24.0 Å². The van der Waals surface area contributed by atoms with Crippen LogP contribution >= 0.6 is 0 Å². The second-order valence-electron chi connectivity index (χ2n) is 4.09. The summed E-state index contributed by atoms with van der Waals surface area (Å²) in [7, 11) is 3.30.